The van der Waals surface area contributed by atoms with Gasteiger partial charge in [-0.3, -0.25) is 4.79 Å². The lowest BCUT2D eigenvalue weighted by molar-refractivity contribution is -0.120. The van der Waals surface area contributed by atoms with Gasteiger partial charge in [0.1, 0.15) is 0 Å². The number of hydrogen-bond acceptors (Lipinski definition) is 3. The van der Waals surface area contributed by atoms with Gasteiger partial charge in [0.25, 0.3) is 0 Å². The van der Waals surface area contributed by atoms with Gasteiger partial charge in [0.15, 0.2) is 0 Å². The van der Waals surface area contributed by atoms with Gasteiger partial charge >= 0.3 is 0 Å². The van der Waals surface area contributed by atoms with Crippen molar-refractivity contribution in [3.05, 3.63) is 0 Å². The fraction of sp³-hybridized carbons (Fsp3) is 0.917. The van der Waals surface area contributed by atoms with E-state index in [-0.39, 0.29) is 17.6 Å². The van der Waals surface area contributed by atoms with Crippen LogP contribution in [-0.4, -0.2) is 37.9 Å². The summed E-state index contributed by atoms with van der Waals surface area (Å²) in [4.78, 5) is 11.7. The molecule has 0 aromatic heterocycles. The highest BCUT2D eigenvalue weighted by Gasteiger charge is 2.50. The topological polar surface area (TPSA) is 47.6 Å². The van der Waals surface area contributed by atoms with Crippen LogP contribution in [0.2, 0.25) is 0 Å². The molecule has 0 radical (unpaired) electrons. The van der Waals surface area contributed by atoms with Crippen LogP contribution < -0.4 is 5.32 Å². The molecule has 0 aliphatic carbocycles. The maximum absolute atomic E-state index is 11.7. The Morgan fingerprint density at radius 3 is 2.81 bits per heavy atom. The van der Waals surface area contributed by atoms with Crippen molar-refractivity contribution in [2.24, 2.45) is 5.92 Å². The van der Waals surface area contributed by atoms with Crippen LogP contribution in [0.1, 0.15) is 32.6 Å². The lowest BCUT2D eigenvalue weighted by atomic mass is 9.75. The number of amides is 1. The largest absolute Gasteiger partial charge is 0.381 e. The van der Waals surface area contributed by atoms with Gasteiger partial charge in [0.05, 0.1) is 11.6 Å². The third-order valence-corrected chi connectivity index (χ3v) is 4.04. The van der Waals surface area contributed by atoms with Crippen molar-refractivity contribution in [2.75, 3.05) is 20.3 Å². The number of rotatable bonds is 3. The number of nitrogens with one attached hydrogen (secondary N) is 1. The summed E-state index contributed by atoms with van der Waals surface area (Å²) >= 11 is 0. The lowest BCUT2D eigenvalue weighted by Crippen LogP contribution is -2.53. The highest BCUT2D eigenvalue weighted by atomic mass is 16.5. The van der Waals surface area contributed by atoms with Crippen LogP contribution in [0.25, 0.3) is 0 Å². The molecule has 1 amide bonds. The first-order chi connectivity index (χ1) is 7.72. The molecule has 1 N–H and O–H groups in total. The molecule has 2 heterocycles. The van der Waals surface area contributed by atoms with Gasteiger partial charge in [-0.05, 0) is 19.3 Å². The molecule has 4 nitrogen and oxygen atoms in total. The predicted molar refractivity (Wildman–Crippen MR) is 60.1 cm³/mol. The summed E-state index contributed by atoms with van der Waals surface area (Å²) < 4.78 is 10.9. The van der Waals surface area contributed by atoms with Crippen molar-refractivity contribution in [1.82, 2.24) is 5.32 Å². The summed E-state index contributed by atoms with van der Waals surface area (Å²) in [5, 5.41) is 3.17. The zero-order valence-electron chi connectivity index (χ0n) is 10.1. The summed E-state index contributed by atoms with van der Waals surface area (Å²) in [5.74, 6) is 0.473. The van der Waals surface area contributed by atoms with Crippen molar-refractivity contribution in [3.63, 3.8) is 0 Å². The molecule has 2 unspecified atom stereocenters. The number of methoxy groups -OCH3 is 1. The zero-order valence-corrected chi connectivity index (χ0v) is 10.1. The normalized spacial score (nSPS) is 30.4. The van der Waals surface area contributed by atoms with Gasteiger partial charge in [-0.2, -0.15) is 0 Å². The summed E-state index contributed by atoms with van der Waals surface area (Å²) in [6, 6.07) is 0. The molecule has 4 heteroatoms. The maximum atomic E-state index is 11.7. The standard InChI is InChI=1S/C12H21NO3/c1-3-10(15-2)9-8-11(14)13-12(9)4-6-16-7-5-12/h9-10H,3-8H2,1-2H3,(H,13,14). The first-order valence-electron chi connectivity index (χ1n) is 6.13. The average Bonchev–Trinajstić information content (AvgIpc) is 2.59. The second kappa shape index (κ2) is 4.72. The second-order valence-corrected chi connectivity index (χ2v) is 4.81. The molecule has 2 aliphatic rings. The Morgan fingerprint density at radius 2 is 2.25 bits per heavy atom. The Kier molecular flexibility index (Phi) is 3.50. The monoisotopic (exact) mass is 227 g/mol. The van der Waals surface area contributed by atoms with E-state index in [1.165, 1.54) is 0 Å². The van der Waals surface area contributed by atoms with Crippen molar-refractivity contribution in [1.29, 1.82) is 0 Å². The lowest BCUT2D eigenvalue weighted by Gasteiger charge is -2.41. The molecule has 16 heavy (non-hydrogen) atoms. The SMILES string of the molecule is CCC(OC)C1CC(=O)NC12CCOCC2. The first-order valence-corrected chi connectivity index (χ1v) is 6.13. The van der Waals surface area contributed by atoms with E-state index in [4.69, 9.17) is 9.47 Å². The van der Waals surface area contributed by atoms with Crippen molar-refractivity contribution < 1.29 is 14.3 Å². The van der Waals surface area contributed by atoms with Crippen LogP contribution in [0.15, 0.2) is 0 Å². The maximum Gasteiger partial charge on any atom is 0.220 e. The fourth-order valence-electron chi connectivity index (χ4n) is 3.15. The van der Waals surface area contributed by atoms with Crippen LogP contribution in [0.5, 0.6) is 0 Å². The molecule has 92 valence electrons. The summed E-state index contributed by atoms with van der Waals surface area (Å²) in [5.41, 5.74) is -0.0635. The zero-order chi connectivity index (χ0) is 11.6. The number of carbonyl (C=O) groups excluding carboxylic acids is 1. The van der Waals surface area contributed by atoms with Crippen LogP contribution in [0, 0.1) is 5.92 Å². The minimum absolute atomic E-state index is 0.0635. The molecule has 0 aromatic rings. The summed E-state index contributed by atoms with van der Waals surface area (Å²) in [7, 11) is 1.74. The molecule has 2 aliphatic heterocycles. The van der Waals surface area contributed by atoms with E-state index in [0.717, 1.165) is 32.5 Å². The van der Waals surface area contributed by atoms with Crippen LogP contribution in [0.3, 0.4) is 0 Å². The Morgan fingerprint density at radius 1 is 1.56 bits per heavy atom. The Bertz CT molecular complexity index is 257. The van der Waals surface area contributed by atoms with Crippen molar-refractivity contribution in [2.45, 2.75) is 44.2 Å². The molecule has 2 rings (SSSR count). The van der Waals surface area contributed by atoms with Gasteiger partial charge in [-0.1, -0.05) is 6.92 Å². The second-order valence-electron chi connectivity index (χ2n) is 4.81. The Labute approximate surface area is 96.7 Å². The predicted octanol–water partition coefficient (Wildman–Crippen LogP) is 1.10. The Hall–Kier alpha value is -0.610. The molecule has 0 bridgehead atoms. The van der Waals surface area contributed by atoms with Gasteiger partial charge < -0.3 is 14.8 Å². The van der Waals surface area contributed by atoms with E-state index in [9.17, 15) is 4.79 Å². The van der Waals surface area contributed by atoms with E-state index in [2.05, 4.69) is 12.2 Å². The number of carbonyl (C=O) groups is 1. The third-order valence-electron chi connectivity index (χ3n) is 4.04. The van der Waals surface area contributed by atoms with Gasteiger partial charge in [0, 0.05) is 32.7 Å². The molecule has 2 fully saturated rings. The van der Waals surface area contributed by atoms with Gasteiger partial charge in [-0.15, -0.1) is 0 Å². The molecule has 0 aromatic carbocycles. The quantitative estimate of drug-likeness (QED) is 0.785. The van der Waals surface area contributed by atoms with E-state index >= 15 is 0 Å². The van der Waals surface area contributed by atoms with Crippen LogP contribution >= 0.6 is 0 Å². The minimum atomic E-state index is -0.0635. The average molecular weight is 227 g/mol. The molecular weight excluding hydrogens is 206 g/mol. The van der Waals surface area contributed by atoms with E-state index in [1.54, 1.807) is 7.11 Å². The van der Waals surface area contributed by atoms with Gasteiger partial charge in [0.2, 0.25) is 5.91 Å². The smallest absolute Gasteiger partial charge is 0.220 e. The van der Waals surface area contributed by atoms with E-state index < -0.39 is 0 Å². The number of hydrogen-bond donors (Lipinski definition) is 1. The molecular formula is C12H21NO3. The minimum Gasteiger partial charge on any atom is -0.381 e. The molecule has 2 saturated heterocycles. The van der Waals surface area contributed by atoms with Gasteiger partial charge in [-0.25, -0.2) is 0 Å². The highest BCUT2D eigenvalue weighted by molar-refractivity contribution is 5.80. The van der Waals surface area contributed by atoms with Crippen molar-refractivity contribution in [3.8, 4) is 0 Å². The molecule has 1 spiro atoms. The summed E-state index contributed by atoms with van der Waals surface area (Å²) in [6.07, 6.45) is 3.58. The molecule has 0 saturated carbocycles. The fourth-order valence-corrected chi connectivity index (χ4v) is 3.15. The van der Waals surface area contributed by atoms with E-state index in [0.29, 0.717) is 12.3 Å². The third kappa shape index (κ3) is 1.96. The summed E-state index contributed by atoms with van der Waals surface area (Å²) in [6.45, 7) is 3.61. The van der Waals surface area contributed by atoms with E-state index in [1.807, 2.05) is 0 Å². The van der Waals surface area contributed by atoms with Crippen LogP contribution in [-0.2, 0) is 14.3 Å². The first kappa shape index (κ1) is 11.9. The highest BCUT2D eigenvalue weighted by Crippen LogP contribution is 2.39. The molecule has 2 atom stereocenters. The van der Waals surface area contributed by atoms with Crippen molar-refractivity contribution >= 4 is 5.91 Å². The van der Waals surface area contributed by atoms with Crippen LogP contribution in [0.4, 0.5) is 0 Å². The Balaban J connectivity index is 2.17. The number of ether oxygens (including phenoxy) is 2.